The molecule has 2 rings (SSSR count). The van der Waals surface area contributed by atoms with E-state index in [0.29, 0.717) is 22.4 Å². The van der Waals surface area contributed by atoms with Gasteiger partial charge in [-0.25, -0.2) is 8.42 Å². The van der Waals surface area contributed by atoms with E-state index >= 15 is 0 Å². The predicted octanol–water partition coefficient (Wildman–Crippen LogP) is 2.70. The fraction of sp³-hybridized carbons (Fsp3) is 0.222. The lowest BCUT2D eigenvalue weighted by atomic mass is 10.1. The van der Waals surface area contributed by atoms with Gasteiger partial charge in [0, 0.05) is 25.2 Å². The number of benzene rings is 2. The molecule has 25 heavy (non-hydrogen) atoms. The highest BCUT2D eigenvalue weighted by Gasteiger charge is 2.17. The van der Waals surface area contributed by atoms with E-state index in [1.54, 1.807) is 33.2 Å². The van der Waals surface area contributed by atoms with E-state index in [2.05, 4.69) is 4.72 Å². The van der Waals surface area contributed by atoms with E-state index in [4.69, 9.17) is 0 Å². The maximum atomic E-state index is 12.6. The summed E-state index contributed by atoms with van der Waals surface area (Å²) in [7, 11) is -0.572. The number of Topliss-reactive ketones (excluding diaryl/α,β-unsaturated/α-hetero) is 1. The van der Waals surface area contributed by atoms with Crippen LogP contribution < -0.4 is 4.72 Å². The number of nitrogens with one attached hydrogen (secondary N) is 1. The van der Waals surface area contributed by atoms with Crippen molar-refractivity contribution in [2.75, 3.05) is 18.8 Å². The van der Waals surface area contributed by atoms with Crippen LogP contribution in [0.2, 0.25) is 0 Å². The first-order chi connectivity index (χ1) is 11.6. The highest BCUT2D eigenvalue weighted by atomic mass is 32.2. The Morgan fingerprint density at radius 3 is 2.04 bits per heavy atom. The number of hydrogen-bond donors (Lipinski definition) is 1. The summed E-state index contributed by atoms with van der Waals surface area (Å²) in [5.74, 6) is -0.353. The van der Waals surface area contributed by atoms with Crippen molar-refractivity contribution >= 4 is 27.4 Å². The van der Waals surface area contributed by atoms with E-state index in [9.17, 15) is 18.0 Å². The maximum absolute atomic E-state index is 12.6. The minimum Gasteiger partial charge on any atom is -0.345 e. The van der Waals surface area contributed by atoms with Crippen LogP contribution in [0.15, 0.2) is 47.4 Å². The lowest BCUT2D eigenvalue weighted by Crippen LogP contribution is -2.22. The Labute approximate surface area is 147 Å². The van der Waals surface area contributed by atoms with Gasteiger partial charge in [-0.3, -0.25) is 14.3 Å². The van der Waals surface area contributed by atoms with Crippen LogP contribution in [-0.2, 0) is 10.0 Å². The molecule has 0 fully saturated rings. The summed E-state index contributed by atoms with van der Waals surface area (Å²) in [5.41, 5.74) is 1.86. The summed E-state index contributed by atoms with van der Waals surface area (Å²) in [6.07, 6.45) is 0. The molecule has 0 saturated carbocycles. The monoisotopic (exact) mass is 360 g/mol. The zero-order valence-corrected chi connectivity index (χ0v) is 15.3. The van der Waals surface area contributed by atoms with Crippen molar-refractivity contribution in [1.29, 1.82) is 0 Å². The van der Waals surface area contributed by atoms with Crippen LogP contribution in [0.5, 0.6) is 0 Å². The minimum absolute atomic E-state index is 0.0428. The van der Waals surface area contributed by atoms with Crippen molar-refractivity contribution in [2.45, 2.75) is 18.7 Å². The van der Waals surface area contributed by atoms with Crippen molar-refractivity contribution in [1.82, 2.24) is 4.90 Å². The van der Waals surface area contributed by atoms with Gasteiger partial charge < -0.3 is 4.90 Å². The predicted molar refractivity (Wildman–Crippen MR) is 96.5 cm³/mol. The number of amides is 1. The van der Waals surface area contributed by atoms with Gasteiger partial charge in [0.1, 0.15) is 0 Å². The smallest absolute Gasteiger partial charge is 0.261 e. The Bertz CT molecular complexity index is 917. The van der Waals surface area contributed by atoms with Gasteiger partial charge in [0.15, 0.2) is 5.78 Å². The molecule has 0 aliphatic carbocycles. The molecular weight excluding hydrogens is 340 g/mol. The molecule has 1 amide bonds. The third-order valence-corrected chi connectivity index (χ3v) is 5.09. The summed E-state index contributed by atoms with van der Waals surface area (Å²) in [6, 6.07) is 10.5. The van der Waals surface area contributed by atoms with Crippen molar-refractivity contribution < 1.29 is 18.0 Å². The molecule has 0 aliphatic heterocycles. The number of anilines is 1. The molecule has 0 spiro atoms. The second-order valence-electron chi connectivity index (χ2n) is 5.92. The van der Waals surface area contributed by atoms with Crippen LogP contribution in [-0.4, -0.2) is 39.1 Å². The number of hydrogen-bond acceptors (Lipinski definition) is 4. The molecule has 2 aromatic carbocycles. The van der Waals surface area contributed by atoms with E-state index in [1.807, 2.05) is 0 Å². The van der Waals surface area contributed by atoms with Crippen LogP contribution in [0.25, 0.3) is 0 Å². The second-order valence-corrected chi connectivity index (χ2v) is 7.60. The molecule has 0 aliphatic rings. The molecule has 7 heteroatoms. The van der Waals surface area contributed by atoms with Gasteiger partial charge in [-0.15, -0.1) is 0 Å². The third kappa shape index (κ3) is 4.24. The van der Waals surface area contributed by atoms with Gasteiger partial charge >= 0.3 is 0 Å². The largest absolute Gasteiger partial charge is 0.345 e. The van der Waals surface area contributed by atoms with Crippen LogP contribution in [0.4, 0.5) is 5.69 Å². The van der Waals surface area contributed by atoms with E-state index in [1.165, 1.54) is 42.2 Å². The Kier molecular flexibility index (Phi) is 5.27. The van der Waals surface area contributed by atoms with E-state index in [0.717, 1.165) is 0 Å². The standard InChI is InChI=1S/C18H20N2O4S/c1-12-5-6-15(18(22)20(3)4)11-17(12)19-25(23,24)16-9-7-14(8-10-16)13(2)21/h5-11,19H,1-4H3. The summed E-state index contributed by atoms with van der Waals surface area (Å²) < 4.78 is 27.6. The quantitative estimate of drug-likeness (QED) is 0.831. The molecule has 0 saturated heterocycles. The van der Waals surface area contributed by atoms with Gasteiger partial charge in [-0.05, 0) is 43.7 Å². The molecule has 6 nitrogen and oxygen atoms in total. The topological polar surface area (TPSA) is 83.5 Å². The lowest BCUT2D eigenvalue weighted by Gasteiger charge is -2.14. The summed E-state index contributed by atoms with van der Waals surface area (Å²) >= 11 is 0. The zero-order valence-electron chi connectivity index (χ0n) is 14.5. The number of carbonyl (C=O) groups excluding carboxylic acids is 2. The van der Waals surface area contributed by atoms with Gasteiger partial charge in [0.2, 0.25) is 0 Å². The van der Waals surface area contributed by atoms with E-state index in [-0.39, 0.29) is 16.6 Å². The molecule has 0 bridgehead atoms. The van der Waals surface area contributed by atoms with Crippen LogP contribution in [0.1, 0.15) is 33.2 Å². The number of nitrogens with zero attached hydrogens (tertiary/aromatic N) is 1. The maximum Gasteiger partial charge on any atom is 0.261 e. The lowest BCUT2D eigenvalue weighted by molar-refractivity contribution is 0.0827. The minimum atomic E-state index is -3.83. The average Bonchev–Trinajstić information content (AvgIpc) is 2.56. The zero-order chi connectivity index (χ0) is 18.8. The van der Waals surface area contributed by atoms with Gasteiger partial charge in [-0.1, -0.05) is 18.2 Å². The molecule has 1 N–H and O–H groups in total. The highest BCUT2D eigenvalue weighted by Crippen LogP contribution is 2.22. The first-order valence-corrected chi connectivity index (χ1v) is 9.06. The van der Waals surface area contributed by atoms with Gasteiger partial charge in [0.25, 0.3) is 15.9 Å². The molecule has 132 valence electrons. The Morgan fingerprint density at radius 1 is 0.960 bits per heavy atom. The molecule has 0 aromatic heterocycles. The van der Waals surface area contributed by atoms with Crippen LogP contribution in [0, 0.1) is 6.92 Å². The van der Waals surface area contributed by atoms with Crippen molar-refractivity contribution in [3.05, 3.63) is 59.2 Å². The first-order valence-electron chi connectivity index (χ1n) is 7.58. The first kappa shape index (κ1) is 18.7. The Morgan fingerprint density at radius 2 is 1.52 bits per heavy atom. The fourth-order valence-electron chi connectivity index (χ4n) is 2.20. The molecule has 2 aromatic rings. The molecule has 0 radical (unpaired) electrons. The third-order valence-electron chi connectivity index (χ3n) is 3.71. The SMILES string of the molecule is CC(=O)c1ccc(S(=O)(=O)Nc2cc(C(=O)N(C)C)ccc2C)cc1. The summed E-state index contributed by atoms with van der Waals surface area (Å²) in [5, 5.41) is 0. The fourth-order valence-corrected chi connectivity index (χ4v) is 3.32. The normalized spacial score (nSPS) is 11.0. The number of rotatable bonds is 5. The summed E-state index contributed by atoms with van der Waals surface area (Å²) in [4.78, 5) is 24.8. The number of carbonyl (C=O) groups is 2. The Balaban J connectivity index is 2.35. The van der Waals surface area contributed by atoms with Crippen molar-refractivity contribution in [3.8, 4) is 0 Å². The number of sulfonamides is 1. The van der Waals surface area contributed by atoms with Crippen LogP contribution >= 0.6 is 0 Å². The highest BCUT2D eigenvalue weighted by molar-refractivity contribution is 7.92. The second kappa shape index (κ2) is 7.06. The van der Waals surface area contributed by atoms with Crippen molar-refractivity contribution in [2.24, 2.45) is 0 Å². The molecule has 0 heterocycles. The summed E-state index contributed by atoms with van der Waals surface area (Å²) in [6.45, 7) is 3.17. The molecule has 0 atom stereocenters. The van der Waals surface area contributed by atoms with Crippen LogP contribution in [0.3, 0.4) is 0 Å². The van der Waals surface area contributed by atoms with Crippen molar-refractivity contribution in [3.63, 3.8) is 0 Å². The average molecular weight is 360 g/mol. The number of aryl methyl sites for hydroxylation is 1. The Hall–Kier alpha value is -2.67. The molecular formula is C18H20N2O4S. The van der Waals surface area contributed by atoms with Gasteiger partial charge in [0.05, 0.1) is 10.6 Å². The molecule has 0 unspecified atom stereocenters. The number of ketones is 1. The van der Waals surface area contributed by atoms with E-state index < -0.39 is 10.0 Å². The van der Waals surface area contributed by atoms with Gasteiger partial charge in [-0.2, -0.15) is 0 Å².